The summed E-state index contributed by atoms with van der Waals surface area (Å²) in [6.07, 6.45) is 0.882. The molecule has 0 fully saturated rings. The average molecular weight is 251 g/mol. The summed E-state index contributed by atoms with van der Waals surface area (Å²) < 4.78 is 0. The van der Waals surface area contributed by atoms with Crippen LogP contribution in [-0.4, -0.2) is 34.1 Å². The Balaban J connectivity index is 3.06. The number of carboxylic acids is 1. The van der Waals surface area contributed by atoms with Gasteiger partial charge in [0.25, 0.3) is 0 Å². The van der Waals surface area contributed by atoms with Crippen LogP contribution in [0.1, 0.15) is 44.6 Å². The van der Waals surface area contributed by atoms with E-state index in [9.17, 15) is 4.79 Å². The fraction of sp³-hybridized carbons (Fsp3) is 0.615. The molecule has 1 rings (SSSR count). The van der Waals surface area contributed by atoms with Gasteiger partial charge in [-0.05, 0) is 13.3 Å². The molecule has 1 N–H and O–H groups in total. The van der Waals surface area contributed by atoms with E-state index in [4.69, 9.17) is 5.11 Å². The van der Waals surface area contributed by atoms with Crippen molar-refractivity contribution in [1.29, 1.82) is 0 Å². The highest BCUT2D eigenvalue weighted by atomic mass is 16.4. The second-order valence-electron chi connectivity index (χ2n) is 4.70. The molecule has 1 heterocycles. The first kappa shape index (κ1) is 14.4. The molecule has 5 nitrogen and oxygen atoms in total. The fourth-order valence-electron chi connectivity index (χ4n) is 1.70. The van der Waals surface area contributed by atoms with Crippen molar-refractivity contribution in [3.8, 4) is 0 Å². The van der Waals surface area contributed by atoms with E-state index in [0.29, 0.717) is 12.4 Å². The largest absolute Gasteiger partial charge is 0.480 e. The van der Waals surface area contributed by atoms with E-state index in [-0.39, 0.29) is 12.5 Å². The molecular formula is C13H21N3O2. The molecule has 0 bridgehead atoms. The Labute approximate surface area is 108 Å². The zero-order valence-electron chi connectivity index (χ0n) is 11.5. The topological polar surface area (TPSA) is 66.3 Å². The van der Waals surface area contributed by atoms with Gasteiger partial charge in [0, 0.05) is 24.2 Å². The fourth-order valence-corrected chi connectivity index (χ4v) is 1.70. The maximum Gasteiger partial charge on any atom is 0.323 e. The van der Waals surface area contributed by atoms with E-state index < -0.39 is 5.97 Å². The van der Waals surface area contributed by atoms with Crippen LogP contribution in [0.3, 0.4) is 0 Å². The Hall–Kier alpha value is -1.65. The van der Waals surface area contributed by atoms with Crippen LogP contribution in [0.4, 0.5) is 5.82 Å². The Morgan fingerprint density at radius 1 is 1.44 bits per heavy atom. The van der Waals surface area contributed by atoms with Gasteiger partial charge in [0.2, 0.25) is 0 Å². The summed E-state index contributed by atoms with van der Waals surface area (Å²) in [7, 11) is 0. The van der Waals surface area contributed by atoms with Crippen molar-refractivity contribution in [2.75, 3.05) is 18.0 Å². The highest BCUT2D eigenvalue weighted by molar-refractivity contribution is 5.73. The molecule has 1 aromatic heterocycles. The number of hydrogen-bond acceptors (Lipinski definition) is 4. The minimum Gasteiger partial charge on any atom is -0.480 e. The molecular weight excluding hydrogens is 230 g/mol. The van der Waals surface area contributed by atoms with Crippen LogP contribution in [0.2, 0.25) is 0 Å². The van der Waals surface area contributed by atoms with E-state index in [2.05, 4.69) is 9.97 Å². The zero-order chi connectivity index (χ0) is 13.7. The molecule has 0 spiro atoms. The highest BCUT2D eigenvalue weighted by Crippen LogP contribution is 2.17. The Bertz CT molecular complexity index is 419. The molecule has 0 aliphatic carbocycles. The summed E-state index contributed by atoms with van der Waals surface area (Å²) in [4.78, 5) is 21.5. The maximum absolute atomic E-state index is 10.9. The number of hydrogen-bond donors (Lipinski definition) is 1. The maximum atomic E-state index is 10.9. The number of nitrogens with zero attached hydrogens (tertiary/aromatic N) is 3. The third-order valence-electron chi connectivity index (χ3n) is 2.52. The lowest BCUT2D eigenvalue weighted by atomic mass is 10.2. The van der Waals surface area contributed by atoms with Crippen LogP contribution < -0.4 is 4.90 Å². The van der Waals surface area contributed by atoms with E-state index >= 15 is 0 Å². The van der Waals surface area contributed by atoms with Crippen molar-refractivity contribution < 1.29 is 9.90 Å². The molecule has 5 heteroatoms. The van der Waals surface area contributed by atoms with Crippen LogP contribution in [-0.2, 0) is 4.79 Å². The number of aliphatic carboxylic acids is 1. The van der Waals surface area contributed by atoms with E-state index in [1.807, 2.05) is 33.8 Å². The zero-order valence-corrected chi connectivity index (χ0v) is 11.5. The van der Waals surface area contributed by atoms with Crippen molar-refractivity contribution in [3.05, 3.63) is 17.6 Å². The molecule has 0 amide bonds. The van der Waals surface area contributed by atoms with Crippen LogP contribution in [0.25, 0.3) is 0 Å². The number of carboxylic acid groups (broad SMARTS) is 1. The van der Waals surface area contributed by atoms with Gasteiger partial charge in [-0.15, -0.1) is 0 Å². The Morgan fingerprint density at radius 2 is 2.11 bits per heavy atom. The van der Waals surface area contributed by atoms with Gasteiger partial charge in [-0.2, -0.15) is 0 Å². The minimum absolute atomic E-state index is 0.0260. The summed E-state index contributed by atoms with van der Waals surface area (Å²) in [5.41, 5.74) is 0.871. The molecule has 1 aromatic rings. The van der Waals surface area contributed by atoms with Gasteiger partial charge >= 0.3 is 5.97 Å². The summed E-state index contributed by atoms with van der Waals surface area (Å²) in [6, 6.07) is 1.84. The number of aromatic nitrogens is 2. The van der Waals surface area contributed by atoms with Crippen molar-refractivity contribution >= 4 is 11.8 Å². The molecule has 0 radical (unpaired) electrons. The van der Waals surface area contributed by atoms with Gasteiger partial charge in [0.1, 0.15) is 18.2 Å². The molecule has 0 aliphatic rings. The quantitative estimate of drug-likeness (QED) is 0.839. The lowest BCUT2D eigenvalue weighted by Crippen LogP contribution is -2.31. The molecule has 0 saturated carbocycles. The Kier molecular flexibility index (Phi) is 5.07. The summed E-state index contributed by atoms with van der Waals surface area (Å²) >= 11 is 0. The van der Waals surface area contributed by atoms with Gasteiger partial charge in [0.05, 0.1) is 0 Å². The molecule has 18 heavy (non-hydrogen) atoms. The SMILES string of the molecule is CCCN(CC(=O)O)c1cc(C)nc(C(C)C)n1. The molecule has 0 aliphatic heterocycles. The molecule has 0 aromatic carbocycles. The monoisotopic (exact) mass is 251 g/mol. The first-order chi connectivity index (χ1) is 8.43. The number of carbonyl (C=O) groups is 1. The van der Waals surface area contributed by atoms with Gasteiger partial charge < -0.3 is 10.0 Å². The molecule has 100 valence electrons. The van der Waals surface area contributed by atoms with E-state index in [0.717, 1.165) is 17.9 Å². The Morgan fingerprint density at radius 3 is 2.61 bits per heavy atom. The van der Waals surface area contributed by atoms with Crippen molar-refractivity contribution in [1.82, 2.24) is 9.97 Å². The molecule has 0 unspecified atom stereocenters. The third-order valence-corrected chi connectivity index (χ3v) is 2.52. The number of rotatable bonds is 6. The van der Waals surface area contributed by atoms with Crippen LogP contribution in [0.15, 0.2) is 6.07 Å². The van der Waals surface area contributed by atoms with Crippen molar-refractivity contribution in [2.24, 2.45) is 0 Å². The van der Waals surface area contributed by atoms with Crippen molar-refractivity contribution in [3.63, 3.8) is 0 Å². The number of aryl methyl sites for hydroxylation is 1. The molecule has 0 saturated heterocycles. The molecule has 0 atom stereocenters. The standard InChI is InChI=1S/C13H21N3O2/c1-5-6-16(8-12(17)18)11-7-10(4)14-13(15-11)9(2)3/h7,9H,5-6,8H2,1-4H3,(H,17,18). The first-order valence-electron chi connectivity index (χ1n) is 6.26. The van der Waals surface area contributed by atoms with Crippen LogP contribution in [0, 0.1) is 6.92 Å². The van der Waals surface area contributed by atoms with Gasteiger partial charge in [-0.3, -0.25) is 4.79 Å². The second-order valence-corrected chi connectivity index (χ2v) is 4.70. The van der Waals surface area contributed by atoms with Gasteiger partial charge in [-0.25, -0.2) is 9.97 Å². The summed E-state index contributed by atoms with van der Waals surface area (Å²) in [5.74, 6) is 0.856. The van der Waals surface area contributed by atoms with Crippen LogP contribution in [0.5, 0.6) is 0 Å². The van der Waals surface area contributed by atoms with E-state index in [1.54, 1.807) is 4.90 Å². The predicted octanol–water partition coefficient (Wildman–Crippen LogP) is 2.21. The summed E-state index contributed by atoms with van der Waals surface area (Å²) in [6.45, 7) is 8.64. The normalized spacial score (nSPS) is 10.7. The van der Waals surface area contributed by atoms with Crippen LogP contribution >= 0.6 is 0 Å². The number of anilines is 1. The average Bonchev–Trinajstić information content (AvgIpc) is 2.27. The lowest BCUT2D eigenvalue weighted by molar-refractivity contribution is -0.135. The van der Waals surface area contributed by atoms with E-state index in [1.165, 1.54) is 0 Å². The highest BCUT2D eigenvalue weighted by Gasteiger charge is 2.14. The van der Waals surface area contributed by atoms with Crippen molar-refractivity contribution in [2.45, 2.75) is 40.0 Å². The lowest BCUT2D eigenvalue weighted by Gasteiger charge is -2.22. The first-order valence-corrected chi connectivity index (χ1v) is 6.26. The third kappa shape index (κ3) is 3.98. The second kappa shape index (κ2) is 6.33. The van der Waals surface area contributed by atoms with Gasteiger partial charge in [-0.1, -0.05) is 20.8 Å². The smallest absolute Gasteiger partial charge is 0.323 e. The summed E-state index contributed by atoms with van der Waals surface area (Å²) in [5, 5.41) is 8.93. The predicted molar refractivity (Wildman–Crippen MR) is 71.0 cm³/mol. The minimum atomic E-state index is -0.842. The van der Waals surface area contributed by atoms with Gasteiger partial charge in [0.15, 0.2) is 0 Å².